The van der Waals surface area contributed by atoms with Crippen LogP contribution in [0.1, 0.15) is 43.2 Å². The zero-order valence-electron chi connectivity index (χ0n) is 21.8. The number of carbonyl (C=O) groups excluding carboxylic acids is 1. The number of nitrogens with zero attached hydrogens (tertiary/aromatic N) is 2. The summed E-state index contributed by atoms with van der Waals surface area (Å²) in [5.41, 5.74) is 1.11. The van der Waals surface area contributed by atoms with Crippen molar-refractivity contribution in [2.45, 2.75) is 26.3 Å². The predicted octanol–water partition coefficient (Wildman–Crippen LogP) is 5.90. The van der Waals surface area contributed by atoms with Crippen LogP contribution in [-0.2, 0) is 24.7 Å². The summed E-state index contributed by atoms with van der Waals surface area (Å²) >= 11 is 1.25. The zero-order valence-corrected chi connectivity index (χ0v) is 22.6. The Morgan fingerprint density at radius 3 is 1.79 bits per heavy atom. The number of nitrogens with one attached hydrogen (secondary N) is 1. The number of rotatable bonds is 10. The second-order valence-electron chi connectivity index (χ2n) is 9.68. The van der Waals surface area contributed by atoms with E-state index in [1.165, 1.54) is 11.3 Å². The standard InChI is InChI=1S/C30H29N3O5S/c1-29(2,3)27(36)37-20-38-33-25(26(34)35)24-19-39-28(31-24)32-30(21-13-7-4-8-14-21,22-15-9-5-10-16-22)23-17-11-6-12-18-23/h4-19H,20H2,1-3H3,(H,31,32)(H,34,35). The molecular formula is C30H29N3O5S. The Hall–Kier alpha value is -4.50. The van der Waals surface area contributed by atoms with Crippen molar-refractivity contribution < 1.29 is 24.3 Å². The van der Waals surface area contributed by atoms with E-state index in [-0.39, 0.29) is 5.69 Å². The van der Waals surface area contributed by atoms with Gasteiger partial charge in [0.05, 0.1) is 5.41 Å². The number of aromatic nitrogens is 1. The molecule has 200 valence electrons. The van der Waals surface area contributed by atoms with E-state index >= 15 is 0 Å². The van der Waals surface area contributed by atoms with Gasteiger partial charge in [0.2, 0.25) is 5.71 Å². The summed E-state index contributed by atoms with van der Waals surface area (Å²) in [6, 6.07) is 30.0. The minimum absolute atomic E-state index is 0.111. The normalized spacial score (nSPS) is 12.0. The van der Waals surface area contributed by atoms with Gasteiger partial charge < -0.3 is 20.0 Å². The molecule has 0 radical (unpaired) electrons. The fourth-order valence-electron chi connectivity index (χ4n) is 3.96. The van der Waals surface area contributed by atoms with Gasteiger partial charge in [0.25, 0.3) is 6.79 Å². The van der Waals surface area contributed by atoms with Crippen LogP contribution in [0.15, 0.2) is 102 Å². The number of anilines is 1. The van der Waals surface area contributed by atoms with Crippen LogP contribution in [0, 0.1) is 5.41 Å². The molecule has 0 unspecified atom stereocenters. The quantitative estimate of drug-likeness (QED) is 0.0640. The molecular weight excluding hydrogens is 514 g/mol. The number of carboxylic acid groups (broad SMARTS) is 1. The van der Waals surface area contributed by atoms with Gasteiger partial charge in [-0.05, 0) is 37.5 Å². The van der Waals surface area contributed by atoms with Gasteiger partial charge in [0, 0.05) is 5.38 Å². The van der Waals surface area contributed by atoms with E-state index in [0.717, 1.165) is 16.7 Å². The molecule has 0 atom stereocenters. The molecule has 0 aliphatic rings. The Morgan fingerprint density at radius 2 is 1.36 bits per heavy atom. The lowest BCUT2D eigenvalue weighted by atomic mass is 9.77. The highest BCUT2D eigenvalue weighted by molar-refractivity contribution is 7.14. The molecule has 39 heavy (non-hydrogen) atoms. The maximum absolute atomic E-state index is 12.0. The topological polar surface area (TPSA) is 110 Å². The maximum atomic E-state index is 12.0. The summed E-state index contributed by atoms with van der Waals surface area (Å²) in [4.78, 5) is 33.4. The lowest BCUT2D eigenvalue weighted by molar-refractivity contribution is -0.165. The number of carbonyl (C=O) groups is 2. The number of ether oxygens (including phenoxy) is 1. The van der Waals surface area contributed by atoms with E-state index in [1.807, 2.05) is 91.0 Å². The molecule has 1 aromatic heterocycles. The monoisotopic (exact) mass is 543 g/mol. The van der Waals surface area contributed by atoms with Crippen LogP contribution in [0.3, 0.4) is 0 Å². The molecule has 4 rings (SSSR count). The minimum Gasteiger partial charge on any atom is -0.476 e. The summed E-state index contributed by atoms with van der Waals surface area (Å²) in [6.45, 7) is 4.59. The Labute approximate surface area is 230 Å². The maximum Gasteiger partial charge on any atom is 0.360 e. The number of aliphatic carboxylic acids is 1. The summed E-state index contributed by atoms with van der Waals surface area (Å²) in [5, 5.41) is 19.1. The van der Waals surface area contributed by atoms with E-state index in [1.54, 1.807) is 26.2 Å². The molecule has 3 aromatic carbocycles. The van der Waals surface area contributed by atoms with Gasteiger partial charge in [0.1, 0.15) is 11.2 Å². The summed E-state index contributed by atoms with van der Waals surface area (Å²) in [5.74, 6) is -1.82. The molecule has 0 spiro atoms. The van der Waals surface area contributed by atoms with E-state index in [9.17, 15) is 14.7 Å². The van der Waals surface area contributed by atoms with Crippen LogP contribution in [0.5, 0.6) is 0 Å². The molecule has 4 aromatic rings. The number of esters is 1. The van der Waals surface area contributed by atoms with Crippen LogP contribution in [0.25, 0.3) is 0 Å². The molecule has 0 aliphatic heterocycles. The fourth-order valence-corrected chi connectivity index (χ4v) is 4.71. The van der Waals surface area contributed by atoms with Crippen molar-refractivity contribution in [3.8, 4) is 0 Å². The molecule has 0 saturated heterocycles. The van der Waals surface area contributed by atoms with Gasteiger partial charge in [-0.1, -0.05) is 96.2 Å². The van der Waals surface area contributed by atoms with Crippen LogP contribution in [0.2, 0.25) is 0 Å². The molecule has 0 saturated carbocycles. The summed E-state index contributed by atoms with van der Waals surface area (Å²) < 4.78 is 5.00. The second kappa shape index (κ2) is 11.9. The number of benzene rings is 3. The smallest absolute Gasteiger partial charge is 0.360 e. The lowest BCUT2D eigenvalue weighted by Crippen LogP contribution is -2.38. The van der Waals surface area contributed by atoms with Crippen molar-refractivity contribution in [3.63, 3.8) is 0 Å². The molecule has 9 heteroatoms. The second-order valence-corrected chi connectivity index (χ2v) is 10.5. The predicted molar refractivity (Wildman–Crippen MR) is 151 cm³/mol. The zero-order chi connectivity index (χ0) is 27.9. The molecule has 0 bridgehead atoms. The number of oxime groups is 1. The van der Waals surface area contributed by atoms with Crippen LogP contribution < -0.4 is 5.32 Å². The minimum atomic E-state index is -1.32. The van der Waals surface area contributed by atoms with Crippen molar-refractivity contribution in [2.24, 2.45) is 10.6 Å². The average molecular weight is 544 g/mol. The van der Waals surface area contributed by atoms with Crippen LogP contribution in [0.4, 0.5) is 5.13 Å². The summed E-state index contributed by atoms with van der Waals surface area (Å²) in [7, 11) is 0. The number of hydrogen-bond donors (Lipinski definition) is 2. The first-order chi connectivity index (χ1) is 18.7. The Kier molecular flexibility index (Phi) is 8.41. The van der Waals surface area contributed by atoms with Gasteiger partial charge in [-0.25, -0.2) is 9.78 Å². The van der Waals surface area contributed by atoms with Crippen LogP contribution >= 0.6 is 11.3 Å². The molecule has 0 fully saturated rings. The van der Waals surface area contributed by atoms with Crippen molar-refractivity contribution >= 4 is 34.1 Å². The summed E-state index contributed by atoms with van der Waals surface area (Å²) in [6.07, 6.45) is 0. The van der Waals surface area contributed by atoms with E-state index in [4.69, 9.17) is 9.57 Å². The first-order valence-electron chi connectivity index (χ1n) is 12.2. The van der Waals surface area contributed by atoms with E-state index in [2.05, 4.69) is 15.5 Å². The third kappa shape index (κ3) is 6.32. The Morgan fingerprint density at radius 1 is 0.872 bits per heavy atom. The van der Waals surface area contributed by atoms with E-state index in [0.29, 0.717) is 5.13 Å². The first kappa shape index (κ1) is 27.5. The average Bonchev–Trinajstić information content (AvgIpc) is 3.40. The Balaban J connectivity index is 1.69. The number of thiazole rings is 1. The highest BCUT2D eigenvalue weighted by Gasteiger charge is 2.37. The SMILES string of the molecule is CC(C)(C)C(=O)OCON=C(C(=O)O)c1csc(NC(c2ccccc2)(c2ccccc2)c2ccccc2)n1. The van der Waals surface area contributed by atoms with Crippen molar-refractivity contribution in [1.82, 2.24) is 4.98 Å². The molecule has 0 amide bonds. The fraction of sp³-hybridized carbons (Fsp3) is 0.200. The number of carboxylic acids is 1. The Bertz CT molecular complexity index is 1340. The highest BCUT2D eigenvalue weighted by atomic mass is 32.1. The molecule has 8 nitrogen and oxygen atoms in total. The third-order valence-corrected chi connectivity index (χ3v) is 6.63. The highest BCUT2D eigenvalue weighted by Crippen LogP contribution is 2.40. The largest absolute Gasteiger partial charge is 0.476 e. The van der Waals surface area contributed by atoms with Gasteiger partial charge in [-0.15, -0.1) is 11.3 Å². The van der Waals surface area contributed by atoms with Crippen LogP contribution in [-0.4, -0.2) is 34.5 Å². The van der Waals surface area contributed by atoms with Gasteiger partial charge in [0.15, 0.2) is 5.13 Å². The van der Waals surface area contributed by atoms with Gasteiger partial charge in [-0.2, -0.15) is 0 Å². The van der Waals surface area contributed by atoms with Crippen molar-refractivity contribution in [2.75, 3.05) is 12.1 Å². The molecule has 0 aliphatic carbocycles. The first-order valence-corrected chi connectivity index (χ1v) is 13.1. The molecule has 2 N–H and O–H groups in total. The molecule has 1 heterocycles. The van der Waals surface area contributed by atoms with Gasteiger partial charge in [-0.3, -0.25) is 4.79 Å². The van der Waals surface area contributed by atoms with Crippen molar-refractivity contribution in [1.29, 1.82) is 0 Å². The number of hydrogen-bond acceptors (Lipinski definition) is 8. The third-order valence-electron chi connectivity index (χ3n) is 5.88. The van der Waals surface area contributed by atoms with Crippen molar-refractivity contribution in [3.05, 3.63) is 119 Å². The van der Waals surface area contributed by atoms with Gasteiger partial charge >= 0.3 is 11.9 Å². The van der Waals surface area contributed by atoms with E-state index < -0.39 is 35.4 Å². The lowest BCUT2D eigenvalue weighted by Gasteiger charge is -2.36.